The van der Waals surface area contributed by atoms with Gasteiger partial charge in [0, 0.05) is 15.8 Å². The van der Waals surface area contributed by atoms with Gasteiger partial charge >= 0.3 is 0 Å². The maximum atomic E-state index is 12.1. The molecule has 2 heterocycles. The molecular formula is C14H10Cl2N2OS2. The molecule has 2 aromatic heterocycles. The molecule has 3 nitrogen and oxygen atoms in total. The van der Waals surface area contributed by atoms with E-state index in [1.165, 1.54) is 23.1 Å². The molecule has 7 heteroatoms. The molecule has 1 aromatic carbocycles. The van der Waals surface area contributed by atoms with Gasteiger partial charge in [0.25, 0.3) is 5.56 Å². The molecule has 0 saturated carbocycles. The highest BCUT2D eigenvalue weighted by molar-refractivity contribution is 7.98. The van der Waals surface area contributed by atoms with E-state index in [4.69, 9.17) is 23.2 Å². The Kier molecular flexibility index (Phi) is 4.26. The molecule has 21 heavy (non-hydrogen) atoms. The van der Waals surface area contributed by atoms with Crippen LogP contribution in [0.15, 0.2) is 33.5 Å². The number of aromatic nitrogens is 2. The van der Waals surface area contributed by atoms with Crippen LogP contribution in [0.2, 0.25) is 10.0 Å². The number of hydrogen-bond donors (Lipinski definition) is 1. The van der Waals surface area contributed by atoms with Gasteiger partial charge in [-0.25, -0.2) is 4.98 Å². The van der Waals surface area contributed by atoms with E-state index in [-0.39, 0.29) is 5.56 Å². The van der Waals surface area contributed by atoms with Crippen molar-refractivity contribution in [1.29, 1.82) is 0 Å². The molecule has 0 spiro atoms. The van der Waals surface area contributed by atoms with Crippen LogP contribution in [0, 0.1) is 6.92 Å². The third-order valence-electron chi connectivity index (χ3n) is 3.02. The zero-order valence-corrected chi connectivity index (χ0v) is 14.1. The van der Waals surface area contributed by atoms with Crippen LogP contribution in [0.4, 0.5) is 0 Å². The van der Waals surface area contributed by atoms with Gasteiger partial charge in [-0.15, -0.1) is 11.3 Å². The Labute approximate surface area is 139 Å². The van der Waals surface area contributed by atoms with Crippen molar-refractivity contribution in [3.63, 3.8) is 0 Å². The zero-order chi connectivity index (χ0) is 15.0. The van der Waals surface area contributed by atoms with E-state index < -0.39 is 0 Å². The van der Waals surface area contributed by atoms with Crippen molar-refractivity contribution in [2.45, 2.75) is 17.8 Å². The van der Waals surface area contributed by atoms with E-state index >= 15 is 0 Å². The van der Waals surface area contributed by atoms with Crippen molar-refractivity contribution in [3.8, 4) is 0 Å². The van der Waals surface area contributed by atoms with E-state index in [2.05, 4.69) is 9.97 Å². The molecule has 0 radical (unpaired) electrons. The summed E-state index contributed by atoms with van der Waals surface area (Å²) in [7, 11) is 0. The second kappa shape index (κ2) is 6.01. The molecule has 0 unspecified atom stereocenters. The van der Waals surface area contributed by atoms with E-state index in [1.54, 1.807) is 18.2 Å². The Hall–Kier alpha value is -1.01. The largest absolute Gasteiger partial charge is 0.301 e. The highest BCUT2D eigenvalue weighted by Gasteiger charge is 2.11. The van der Waals surface area contributed by atoms with Crippen molar-refractivity contribution in [1.82, 2.24) is 9.97 Å². The number of rotatable bonds is 3. The van der Waals surface area contributed by atoms with Gasteiger partial charge in [0.1, 0.15) is 4.83 Å². The second-order valence-corrected chi connectivity index (χ2v) is 7.10. The standard InChI is InChI=1S/C14H10Cl2N2OS2/c1-7-5-20-13-11(7)12(19)17-14(18-13)21-6-8-9(15)3-2-4-10(8)16/h2-5H,6H2,1H3,(H,17,18,19). The van der Waals surface area contributed by atoms with Crippen LogP contribution in [-0.2, 0) is 5.75 Å². The van der Waals surface area contributed by atoms with Crippen LogP contribution in [0.1, 0.15) is 11.1 Å². The first kappa shape index (κ1) is 14.9. The van der Waals surface area contributed by atoms with Crippen LogP contribution in [0.3, 0.4) is 0 Å². The molecule has 0 aliphatic carbocycles. The predicted octanol–water partition coefficient (Wildman–Crippen LogP) is 4.89. The van der Waals surface area contributed by atoms with E-state index in [0.717, 1.165) is 16.0 Å². The van der Waals surface area contributed by atoms with Crippen LogP contribution in [-0.4, -0.2) is 9.97 Å². The van der Waals surface area contributed by atoms with Gasteiger partial charge in [-0.2, -0.15) is 0 Å². The molecule has 0 fully saturated rings. The number of aromatic amines is 1. The van der Waals surface area contributed by atoms with Crippen LogP contribution >= 0.6 is 46.3 Å². The predicted molar refractivity (Wildman–Crippen MR) is 91.0 cm³/mol. The number of benzene rings is 1. The lowest BCUT2D eigenvalue weighted by Crippen LogP contribution is -2.08. The summed E-state index contributed by atoms with van der Waals surface area (Å²) in [5, 5.41) is 4.41. The van der Waals surface area contributed by atoms with Crippen molar-refractivity contribution in [2.75, 3.05) is 0 Å². The Bertz CT molecular complexity index is 853. The van der Waals surface area contributed by atoms with Crippen molar-refractivity contribution >= 4 is 56.5 Å². The molecule has 0 aliphatic heterocycles. The van der Waals surface area contributed by atoms with Crippen LogP contribution < -0.4 is 5.56 Å². The maximum Gasteiger partial charge on any atom is 0.260 e. The van der Waals surface area contributed by atoms with Crippen molar-refractivity contribution < 1.29 is 0 Å². The minimum atomic E-state index is -0.105. The maximum absolute atomic E-state index is 12.1. The summed E-state index contributed by atoms with van der Waals surface area (Å²) < 4.78 is 0. The number of thiophene rings is 1. The van der Waals surface area contributed by atoms with Crippen molar-refractivity contribution in [3.05, 3.63) is 55.1 Å². The quantitative estimate of drug-likeness (QED) is 0.536. The van der Waals surface area contributed by atoms with Gasteiger partial charge in [0.15, 0.2) is 5.16 Å². The molecule has 3 rings (SSSR count). The fourth-order valence-electron chi connectivity index (χ4n) is 1.95. The first-order valence-corrected chi connectivity index (χ1v) is 8.72. The SMILES string of the molecule is Cc1csc2nc(SCc3c(Cl)cccc3Cl)[nH]c(=O)c12. The lowest BCUT2D eigenvalue weighted by atomic mass is 10.2. The second-order valence-electron chi connectivity index (χ2n) is 4.46. The number of nitrogens with one attached hydrogen (secondary N) is 1. The molecule has 0 aliphatic rings. The lowest BCUT2D eigenvalue weighted by molar-refractivity contribution is 0.978. The number of fused-ring (bicyclic) bond motifs is 1. The summed E-state index contributed by atoms with van der Waals surface area (Å²) in [5.74, 6) is 0.553. The van der Waals surface area contributed by atoms with Gasteiger partial charge < -0.3 is 4.98 Å². The molecule has 0 saturated heterocycles. The Morgan fingerprint density at radius 3 is 2.76 bits per heavy atom. The Balaban J connectivity index is 1.91. The van der Waals surface area contributed by atoms with Gasteiger partial charge in [-0.05, 0) is 35.6 Å². The first-order valence-electron chi connectivity index (χ1n) is 6.10. The van der Waals surface area contributed by atoms with Crippen LogP contribution in [0.25, 0.3) is 10.2 Å². The minimum Gasteiger partial charge on any atom is -0.301 e. The smallest absolute Gasteiger partial charge is 0.260 e. The topological polar surface area (TPSA) is 45.8 Å². The third-order valence-corrected chi connectivity index (χ3v) is 5.62. The van der Waals surface area contributed by atoms with E-state index in [0.29, 0.717) is 26.3 Å². The average molecular weight is 357 g/mol. The number of hydrogen-bond acceptors (Lipinski definition) is 4. The van der Waals surface area contributed by atoms with Gasteiger partial charge in [-0.3, -0.25) is 4.79 Å². The summed E-state index contributed by atoms with van der Waals surface area (Å²) in [5.41, 5.74) is 1.69. The average Bonchev–Trinajstić information content (AvgIpc) is 2.80. The molecule has 0 atom stereocenters. The summed E-state index contributed by atoms with van der Waals surface area (Å²) in [6.45, 7) is 1.91. The first-order chi connectivity index (χ1) is 10.1. The lowest BCUT2D eigenvalue weighted by Gasteiger charge is -2.06. The molecule has 108 valence electrons. The van der Waals surface area contributed by atoms with E-state index in [9.17, 15) is 4.79 Å². The number of H-pyrrole nitrogens is 1. The monoisotopic (exact) mass is 356 g/mol. The normalized spacial score (nSPS) is 11.2. The summed E-state index contributed by atoms with van der Waals surface area (Å²) in [6, 6.07) is 5.40. The number of aryl methyl sites for hydroxylation is 1. The fourth-order valence-corrected chi connectivity index (χ4v) is 4.53. The number of thioether (sulfide) groups is 1. The highest BCUT2D eigenvalue weighted by atomic mass is 35.5. The van der Waals surface area contributed by atoms with E-state index in [1.807, 2.05) is 12.3 Å². The van der Waals surface area contributed by atoms with Gasteiger partial charge in [0.05, 0.1) is 5.39 Å². The van der Waals surface area contributed by atoms with Crippen molar-refractivity contribution in [2.24, 2.45) is 0 Å². The summed E-state index contributed by atoms with van der Waals surface area (Å²) >= 11 is 15.2. The molecule has 0 bridgehead atoms. The molecule has 1 N–H and O–H groups in total. The Morgan fingerprint density at radius 1 is 1.33 bits per heavy atom. The summed E-state index contributed by atoms with van der Waals surface area (Å²) in [6.07, 6.45) is 0. The Morgan fingerprint density at radius 2 is 2.05 bits per heavy atom. The minimum absolute atomic E-state index is 0.105. The van der Waals surface area contributed by atoms with Gasteiger partial charge in [-0.1, -0.05) is 41.0 Å². The number of nitrogens with zero attached hydrogens (tertiary/aromatic N) is 1. The third kappa shape index (κ3) is 2.97. The van der Waals surface area contributed by atoms with Gasteiger partial charge in [0.2, 0.25) is 0 Å². The zero-order valence-electron chi connectivity index (χ0n) is 10.9. The molecule has 3 aromatic rings. The highest BCUT2D eigenvalue weighted by Crippen LogP contribution is 2.31. The summed E-state index contributed by atoms with van der Waals surface area (Å²) in [4.78, 5) is 20.1. The fraction of sp³-hybridized carbons (Fsp3) is 0.143. The van der Waals surface area contributed by atoms with Crippen LogP contribution in [0.5, 0.6) is 0 Å². The molecule has 0 amide bonds. The number of halogens is 2. The molecular weight excluding hydrogens is 347 g/mol.